The van der Waals surface area contributed by atoms with Gasteiger partial charge >= 0.3 is 6.18 Å². The third kappa shape index (κ3) is 4.91. The first-order valence-electron chi connectivity index (χ1n) is 9.72. The normalized spacial score (nSPS) is 17.6. The molecular formula is C21H21F3N6. The molecule has 6 nitrogen and oxygen atoms in total. The number of rotatable bonds is 5. The molecule has 4 rings (SSSR count). The van der Waals surface area contributed by atoms with Gasteiger partial charge in [0.25, 0.3) is 0 Å². The Morgan fingerprint density at radius 3 is 2.67 bits per heavy atom. The van der Waals surface area contributed by atoms with Gasteiger partial charge in [-0.3, -0.25) is 9.88 Å². The predicted octanol–water partition coefficient (Wildman–Crippen LogP) is 4.41. The molecule has 4 heterocycles. The van der Waals surface area contributed by atoms with Crippen LogP contribution in [0, 0.1) is 0 Å². The molecular weight excluding hydrogens is 393 g/mol. The van der Waals surface area contributed by atoms with E-state index in [-0.39, 0.29) is 17.7 Å². The fraction of sp³-hybridized carbons (Fsp3) is 0.333. The van der Waals surface area contributed by atoms with Crippen LogP contribution in [0.4, 0.5) is 24.9 Å². The molecule has 0 saturated carbocycles. The summed E-state index contributed by atoms with van der Waals surface area (Å²) in [5, 5.41) is 2.64. The number of anilines is 2. The van der Waals surface area contributed by atoms with Gasteiger partial charge in [-0.25, -0.2) is 15.0 Å². The average Bonchev–Trinajstić information content (AvgIpc) is 2.75. The maximum atomic E-state index is 13.2. The molecule has 0 unspecified atom stereocenters. The summed E-state index contributed by atoms with van der Waals surface area (Å²) in [6.45, 7) is 2.66. The number of nitrogens with zero attached hydrogens (tertiary/aromatic N) is 5. The Morgan fingerprint density at radius 1 is 1.03 bits per heavy atom. The Bertz CT molecular complexity index is 980. The SMILES string of the molecule is FC(F)(F)c1cccnc1Nc1nccc([C@@H]2CCCN(Cc3ccncc3)C2)n1. The second-order valence-corrected chi connectivity index (χ2v) is 7.26. The lowest BCUT2D eigenvalue weighted by Crippen LogP contribution is -2.34. The molecule has 1 aliphatic rings. The molecule has 1 N–H and O–H groups in total. The van der Waals surface area contributed by atoms with Crippen LogP contribution in [0.3, 0.4) is 0 Å². The van der Waals surface area contributed by atoms with E-state index in [1.54, 1.807) is 18.6 Å². The van der Waals surface area contributed by atoms with E-state index in [0.29, 0.717) is 0 Å². The molecule has 156 valence electrons. The van der Waals surface area contributed by atoms with E-state index in [9.17, 15) is 13.2 Å². The summed E-state index contributed by atoms with van der Waals surface area (Å²) in [5.74, 6) is 0.00280. The van der Waals surface area contributed by atoms with Gasteiger partial charge in [0, 0.05) is 43.8 Å². The Morgan fingerprint density at radius 2 is 1.87 bits per heavy atom. The van der Waals surface area contributed by atoms with Crippen LogP contribution in [0.25, 0.3) is 0 Å². The highest BCUT2D eigenvalue weighted by Gasteiger charge is 2.34. The molecule has 30 heavy (non-hydrogen) atoms. The fourth-order valence-corrected chi connectivity index (χ4v) is 3.69. The smallest absolute Gasteiger partial charge is 0.308 e. The van der Waals surface area contributed by atoms with Gasteiger partial charge in [-0.05, 0) is 55.3 Å². The van der Waals surface area contributed by atoms with Crippen LogP contribution < -0.4 is 5.32 Å². The first-order chi connectivity index (χ1) is 14.5. The average molecular weight is 414 g/mol. The number of halogens is 3. The van der Waals surface area contributed by atoms with Gasteiger partial charge in [-0.2, -0.15) is 13.2 Å². The van der Waals surface area contributed by atoms with Gasteiger partial charge in [0.15, 0.2) is 0 Å². The van der Waals surface area contributed by atoms with Gasteiger partial charge in [0.05, 0.1) is 11.3 Å². The molecule has 0 aromatic carbocycles. The third-order valence-corrected chi connectivity index (χ3v) is 5.10. The van der Waals surface area contributed by atoms with Crippen LogP contribution in [0.2, 0.25) is 0 Å². The van der Waals surface area contributed by atoms with Crippen LogP contribution in [0.1, 0.15) is 35.6 Å². The van der Waals surface area contributed by atoms with Crippen molar-refractivity contribution in [2.24, 2.45) is 0 Å². The molecule has 0 radical (unpaired) electrons. The van der Waals surface area contributed by atoms with Crippen molar-refractivity contribution in [3.63, 3.8) is 0 Å². The number of aromatic nitrogens is 4. The second-order valence-electron chi connectivity index (χ2n) is 7.26. The molecule has 1 saturated heterocycles. The topological polar surface area (TPSA) is 66.8 Å². The van der Waals surface area contributed by atoms with E-state index in [0.717, 1.165) is 44.2 Å². The second kappa shape index (κ2) is 8.74. The van der Waals surface area contributed by atoms with E-state index in [2.05, 4.69) is 30.2 Å². The molecule has 1 atom stereocenters. The summed E-state index contributed by atoms with van der Waals surface area (Å²) in [6, 6.07) is 8.07. The quantitative estimate of drug-likeness (QED) is 0.667. The highest BCUT2D eigenvalue weighted by atomic mass is 19.4. The van der Waals surface area contributed by atoms with Crippen molar-refractivity contribution in [2.75, 3.05) is 18.4 Å². The minimum atomic E-state index is -4.51. The van der Waals surface area contributed by atoms with Gasteiger partial charge in [-0.1, -0.05) is 0 Å². The Hall–Kier alpha value is -3.07. The fourth-order valence-electron chi connectivity index (χ4n) is 3.69. The summed E-state index contributed by atoms with van der Waals surface area (Å²) < 4.78 is 39.6. The minimum Gasteiger partial charge on any atom is -0.308 e. The van der Waals surface area contributed by atoms with E-state index in [1.807, 2.05) is 18.2 Å². The van der Waals surface area contributed by atoms with Crippen LogP contribution in [0.15, 0.2) is 55.1 Å². The molecule has 9 heteroatoms. The van der Waals surface area contributed by atoms with Crippen molar-refractivity contribution in [3.05, 3.63) is 71.9 Å². The Balaban J connectivity index is 1.48. The van der Waals surface area contributed by atoms with Crippen molar-refractivity contribution < 1.29 is 13.2 Å². The van der Waals surface area contributed by atoms with Crippen LogP contribution >= 0.6 is 0 Å². The number of hydrogen-bond acceptors (Lipinski definition) is 6. The van der Waals surface area contributed by atoms with E-state index in [1.165, 1.54) is 17.8 Å². The van der Waals surface area contributed by atoms with E-state index >= 15 is 0 Å². The van der Waals surface area contributed by atoms with Gasteiger partial charge in [0.1, 0.15) is 5.82 Å². The van der Waals surface area contributed by atoms with Crippen molar-refractivity contribution in [3.8, 4) is 0 Å². The van der Waals surface area contributed by atoms with E-state index < -0.39 is 11.7 Å². The Kier molecular flexibility index (Phi) is 5.89. The molecule has 0 aliphatic carbocycles. The molecule has 0 bridgehead atoms. The largest absolute Gasteiger partial charge is 0.419 e. The standard InChI is InChI=1S/C21H21F3N6/c22-21(23,24)17-4-1-8-26-19(17)29-20-27-11-7-18(28-20)16-3-2-12-30(14-16)13-15-5-9-25-10-6-15/h1,4-11,16H,2-3,12-14H2,(H,26,27,28,29)/t16-/m1/s1. The lowest BCUT2D eigenvalue weighted by Gasteiger charge is -2.32. The summed E-state index contributed by atoms with van der Waals surface area (Å²) in [4.78, 5) is 18.8. The van der Waals surface area contributed by atoms with Gasteiger partial charge in [-0.15, -0.1) is 0 Å². The van der Waals surface area contributed by atoms with E-state index in [4.69, 9.17) is 0 Å². The minimum absolute atomic E-state index is 0.114. The van der Waals surface area contributed by atoms with Crippen LogP contribution in [-0.2, 0) is 12.7 Å². The number of likely N-dealkylation sites (tertiary alicyclic amines) is 1. The van der Waals surface area contributed by atoms with Crippen molar-refractivity contribution >= 4 is 11.8 Å². The Labute approximate surface area is 172 Å². The highest BCUT2D eigenvalue weighted by Crippen LogP contribution is 2.34. The number of nitrogens with one attached hydrogen (secondary N) is 1. The monoisotopic (exact) mass is 414 g/mol. The summed E-state index contributed by atoms with van der Waals surface area (Å²) in [5.41, 5.74) is 1.17. The third-order valence-electron chi connectivity index (χ3n) is 5.10. The van der Waals surface area contributed by atoms with Gasteiger partial charge < -0.3 is 5.32 Å². The number of hydrogen-bond donors (Lipinski definition) is 1. The molecule has 1 fully saturated rings. The van der Waals surface area contributed by atoms with Crippen molar-refractivity contribution in [1.82, 2.24) is 24.8 Å². The van der Waals surface area contributed by atoms with Crippen LogP contribution in [0.5, 0.6) is 0 Å². The van der Waals surface area contributed by atoms with Crippen molar-refractivity contribution in [1.29, 1.82) is 0 Å². The van der Waals surface area contributed by atoms with Crippen LogP contribution in [-0.4, -0.2) is 37.9 Å². The molecule has 0 amide bonds. The number of pyridine rings is 2. The van der Waals surface area contributed by atoms with Gasteiger partial charge in [0.2, 0.25) is 5.95 Å². The molecule has 3 aromatic heterocycles. The lowest BCUT2D eigenvalue weighted by molar-refractivity contribution is -0.137. The zero-order chi connectivity index (χ0) is 21.0. The predicted molar refractivity (Wildman–Crippen MR) is 106 cm³/mol. The van der Waals surface area contributed by atoms with Crippen molar-refractivity contribution in [2.45, 2.75) is 31.5 Å². The molecule has 0 spiro atoms. The summed E-state index contributed by atoms with van der Waals surface area (Å²) >= 11 is 0. The maximum Gasteiger partial charge on any atom is 0.419 e. The molecule has 1 aliphatic heterocycles. The maximum absolute atomic E-state index is 13.2. The first-order valence-corrected chi connectivity index (χ1v) is 9.72. The molecule has 3 aromatic rings. The summed E-state index contributed by atoms with van der Waals surface area (Å²) in [6.07, 6.45) is 3.94. The number of alkyl halides is 3. The summed E-state index contributed by atoms with van der Waals surface area (Å²) in [7, 11) is 0. The number of piperidine rings is 1. The zero-order valence-electron chi connectivity index (χ0n) is 16.2. The zero-order valence-corrected chi connectivity index (χ0v) is 16.2. The lowest BCUT2D eigenvalue weighted by atomic mass is 9.94. The highest BCUT2D eigenvalue weighted by molar-refractivity contribution is 5.54. The first kappa shape index (κ1) is 20.2.